The number of carboxylic acids is 1. The molecule has 1 N–H and O–H groups in total. The predicted molar refractivity (Wildman–Crippen MR) is 44.0 cm³/mol. The van der Waals surface area contributed by atoms with Crippen LogP contribution in [0.2, 0.25) is 0 Å². The molecule has 0 aliphatic rings. The van der Waals surface area contributed by atoms with Gasteiger partial charge in [0.25, 0.3) is 0 Å². The summed E-state index contributed by atoms with van der Waals surface area (Å²) in [5.41, 5.74) is 0.0580. The van der Waals surface area contributed by atoms with Crippen molar-refractivity contribution in [2.24, 2.45) is 11.3 Å². The van der Waals surface area contributed by atoms with Gasteiger partial charge in [-0.05, 0) is 5.41 Å². The molecule has 0 rings (SSSR count). The highest BCUT2D eigenvalue weighted by Crippen LogP contribution is 2.23. The highest BCUT2D eigenvalue weighted by Gasteiger charge is 2.17. The number of rotatable bonds is 0. The van der Waals surface area contributed by atoms with Crippen molar-refractivity contribution in [2.45, 2.75) is 27.7 Å². The third-order valence-electron chi connectivity index (χ3n) is 1.69. The summed E-state index contributed by atoms with van der Waals surface area (Å²) >= 11 is 0. The van der Waals surface area contributed by atoms with Gasteiger partial charge in [-0.15, -0.1) is 0 Å². The number of hydrogen-bond donors (Lipinski definition) is 1. The van der Waals surface area contributed by atoms with E-state index < -0.39 is 5.97 Å². The third-order valence-corrected chi connectivity index (χ3v) is 1.69. The monoisotopic (exact) mass is 154 g/mol. The summed E-state index contributed by atoms with van der Waals surface area (Å²) in [5, 5.41) is 8.25. The zero-order valence-electron chi connectivity index (χ0n) is 7.43. The summed E-state index contributed by atoms with van der Waals surface area (Å²) in [5.74, 6) is 3.85. The maximum atomic E-state index is 10.1. The largest absolute Gasteiger partial charge is 0.472 e. The second-order valence-electron chi connectivity index (χ2n) is 3.66. The molecule has 0 saturated heterocycles. The van der Waals surface area contributed by atoms with E-state index in [-0.39, 0.29) is 11.3 Å². The molecule has 0 aliphatic carbocycles. The first-order valence-corrected chi connectivity index (χ1v) is 3.58. The fourth-order valence-corrected chi connectivity index (χ4v) is 0.386. The molecule has 1 atom stereocenters. The van der Waals surface area contributed by atoms with Crippen LogP contribution in [0.3, 0.4) is 0 Å². The number of aliphatic carboxylic acids is 1. The van der Waals surface area contributed by atoms with E-state index in [1.807, 2.05) is 27.7 Å². The lowest BCUT2D eigenvalue weighted by Gasteiger charge is -2.21. The molecule has 0 radical (unpaired) electrons. The van der Waals surface area contributed by atoms with Crippen molar-refractivity contribution in [3.05, 3.63) is 0 Å². The van der Waals surface area contributed by atoms with Gasteiger partial charge in [-0.1, -0.05) is 33.6 Å². The van der Waals surface area contributed by atoms with E-state index in [4.69, 9.17) is 5.11 Å². The maximum Gasteiger partial charge on any atom is 0.381 e. The maximum absolute atomic E-state index is 10.1. The molecule has 0 saturated carbocycles. The lowest BCUT2D eigenvalue weighted by atomic mass is 9.83. The minimum atomic E-state index is -1.05. The molecule has 0 heterocycles. The van der Waals surface area contributed by atoms with Gasteiger partial charge in [0.1, 0.15) is 0 Å². The third kappa shape index (κ3) is 4.44. The molecule has 0 aliphatic heterocycles. The Balaban J connectivity index is 4.22. The normalized spacial score (nSPS) is 13.1. The first-order valence-electron chi connectivity index (χ1n) is 3.58. The van der Waals surface area contributed by atoms with Crippen LogP contribution in [-0.2, 0) is 4.79 Å². The van der Waals surface area contributed by atoms with Crippen molar-refractivity contribution in [2.75, 3.05) is 0 Å². The van der Waals surface area contributed by atoms with Crippen molar-refractivity contribution in [1.82, 2.24) is 0 Å². The molecule has 0 aromatic rings. The van der Waals surface area contributed by atoms with Gasteiger partial charge < -0.3 is 5.11 Å². The quantitative estimate of drug-likeness (QED) is 0.540. The molecule has 0 aromatic carbocycles. The Hall–Kier alpha value is -0.970. The van der Waals surface area contributed by atoms with Crippen LogP contribution in [-0.4, -0.2) is 11.1 Å². The van der Waals surface area contributed by atoms with Crippen molar-refractivity contribution < 1.29 is 9.90 Å². The molecule has 0 bridgehead atoms. The van der Waals surface area contributed by atoms with Crippen molar-refractivity contribution in [1.29, 1.82) is 0 Å². The Labute approximate surface area is 67.6 Å². The Kier molecular flexibility index (Phi) is 3.13. The number of hydrogen-bond acceptors (Lipinski definition) is 1. The van der Waals surface area contributed by atoms with E-state index in [2.05, 4.69) is 11.8 Å². The predicted octanol–water partition coefficient (Wildman–Crippen LogP) is 1.76. The first kappa shape index (κ1) is 10.0. The summed E-state index contributed by atoms with van der Waals surface area (Å²) in [7, 11) is 0. The molecule has 11 heavy (non-hydrogen) atoms. The average molecular weight is 154 g/mol. The molecule has 2 nitrogen and oxygen atoms in total. The zero-order chi connectivity index (χ0) is 9.07. The van der Waals surface area contributed by atoms with Crippen LogP contribution in [0.25, 0.3) is 0 Å². The number of carbonyl (C=O) groups is 1. The SMILES string of the molecule is C[C@H](C#CC(=O)O)C(C)(C)C. The summed E-state index contributed by atoms with van der Waals surface area (Å²) in [6.45, 7) is 8.03. The minimum absolute atomic E-state index is 0.0580. The number of carboxylic acid groups (broad SMARTS) is 1. The van der Waals surface area contributed by atoms with Gasteiger partial charge in [-0.3, -0.25) is 0 Å². The molecule has 0 spiro atoms. The van der Waals surface area contributed by atoms with Gasteiger partial charge in [0.05, 0.1) is 0 Å². The molecule has 0 amide bonds. The molecule has 62 valence electrons. The minimum Gasteiger partial charge on any atom is -0.472 e. The van der Waals surface area contributed by atoms with Gasteiger partial charge in [-0.2, -0.15) is 0 Å². The Bertz CT molecular complexity index is 200. The Morgan fingerprint density at radius 1 is 1.45 bits per heavy atom. The van der Waals surface area contributed by atoms with Crippen molar-refractivity contribution >= 4 is 5.97 Å². The van der Waals surface area contributed by atoms with Crippen LogP contribution in [0.1, 0.15) is 27.7 Å². The topological polar surface area (TPSA) is 37.3 Å². The van der Waals surface area contributed by atoms with Gasteiger partial charge >= 0.3 is 5.97 Å². The van der Waals surface area contributed by atoms with Crippen LogP contribution in [0.5, 0.6) is 0 Å². The summed E-state index contributed by atoms with van der Waals surface area (Å²) in [6.07, 6.45) is 0. The first-order chi connectivity index (χ1) is 4.84. The Morgan fingerprint density at radius 3 is 2.18 bits per heavy atom. The van der Waals surface area contributed by atoms with E-state index in [1.165, 1.54) is 0 Å². The van der Waals surface area contributed by atoms with Crippen molar-refractivity contribution in [3.8, 4) is 11.8 Å². The second-order valence-corrected chi connectivity index (χ2v) is 3.66. The average Bonchev–Trinajstić information content (AvgIpc) is 1.80. The van der Waals surface area contributed by atoms with E-state index in [9.17, 15) is 4.79 Å². The zero-order valence-corrected chi connectivity index (χ0v) is 7.43. The van der Waals surface area contributed by atoms with Gasteiger partial charge in [0.2, 0.25) is 0 Å². The fourth-order valence-electron chi connectivity index (χ4n) is 0.386. The molecular weight excluding hydrogens is 140 g/mol. The highest BCUT2D eigenvalue weighted by atomic mass is 16.4. The van der Waals surface area contributed by atoms with Crippen molar-refractivity contribution in [3.63, 3.8) is 0 Å². The molecular formula is C9H14O2. The van der Waals surface area contributed by atoms with Gasteiger partial charge in [0, 0.05) is 11.8 Å². The van der Waals surface area contributed by atoms with Crippen LogP contribution in [0.15, 0.2) is 0 Å². The van der Waals surface area contributed by atoms with Gasteiger partial charge in [0.15, 0.2) is 0 Å². The summed E-state index contributed by atoms with van der Waals surface area (Å²) in [4.78, 5) is 10.1. The van der Waals surface area contributed by atoms with E-state index in [0.29, 0.717) is 0 Å². The smallest absolute Gasteiger partial charge is 0.381 e. The van der Waals surface area contributed by atoms with Crippen LogP contribution >= 0.6 is 0 Å². The van der Waals surface area contributed by atoms with Crippen LogP contribution in [0.4, 0.5) is 0 Å². The van der Waals surface area contributed by atoms with E-state index >= 15 is 0 Å². The standard InChI is InChI=1S/C9H14O2/c1-7(9(2,3)4)5-6-8(10)11/h7H,1-4H3,(H,10,11)/t7-/m1/s1. The highest BCUT2D eigenvalue weighted by molar-refractivity contribution is 5.86. The lowest BCUT2D eigenvalue weighted by Crippen LogP contribution is -2.15. The fraction of sp³-hybridized carbons (Fsp3) is 0.667. The van der Waals surface area contributed by atoms with E-state index in [0.717, 1.165) is 0 Å². The molecule has 0 aromatic heterocycles. The molecule has 0 fully saturated rings. The van der Waals surface area contributed by atoms with Gasteiger partial charge in [-0.25, -0.2) is 4.79 Å². The molecule has 0 unspecified atom stereocenters. The molecule has 2 heteroatoms. The Morgan fingerprint density at radius 2 is 1.91 bits per heavy atom. The summed E-state index contributed by atoms with van der Waals surface area (Å²) in [6, 6.07) is 0. The second kappa shape index (κ2) is 3.43. The lowest BCUT2D eigenvalue weighted by molar-refractivity contribution is -0.130. The van der Waals surface area contributed by atoms with Crippen LogP contribution in [0, 0.1) is 23.2 Å². The van der Waals surface area contributed by atoms with Crippen LogP contribution < -0.4 is 0 Å². The van der Waals surface area contributed by atoms with E-state index in [1.54, 1.807) is 0 Å². The summed E-state index contributed by atoms with van der Waals surface area (Å²) < 4.78 is 0.